The van der Waals surface area contributed by atoms with Crippen molar-refractivity contribution in [3.8, 4) is 0 Å². The molecule has 0 amide bonds. The highest BCUT2D eigenvalue weighted by atomic mass is 32.7. The van der Waals surface area contributed by atoms with E-state index in [1.54, 1.807) is 0 Å². The van der Waals surface area contributed by atoms with Gasteiger partial charge in [-0.1, -0.05) is 0 Å². The van der Waals surface area contributed by atoms with Crippen molar-refractivity contribution in [2.45, 2.75) is 48.8 Å². The summed E-state index contributed by atoms with van der Waals surface area (Å²) in [7, 11) is -7.81. The van der Waals surface area contributed by atoms with Crippen LogP contribution in [-0.4, -0.2) is 98.6 Å². The molecule has 6 rings (SSSR count). The fraction of sp³-hybridized carbons (Fsp3) is 0.500. The van der Waals surface area contributed by atoms with Gasteiger partial charge in [-0.15, -0.1) is 4.52 Å². The number of imidazole rings is 2. The lowest BCUT2D eigenvalue weighted by Gasteiger charge is -2.26. The number of hydrogen-bond donors (Lipinski definition) is 6. The van der Waals surface area contributed by atoms with Crippen molar-refractivity contribution in [1.29, 1.82) is 0 Å². The molecule has 0 aliphatic carbocycles. The van der Waals surface area contributed by atoms with Gasteiger partial charge in [0.15, 0.2) is 47.4 Å². The third kappa shape index (κ3) is 5.25. The van der Waals surface area contributed by atoms with Crippen molar-refractivity contribution < 1.29 is 46.4 Å². The molecule has 2 unspecified atom stereocenters. The zero-order valence-corrected chi connectivity index (χ0v) is 24.6. The molecule has 19 nitrogen and oxygen atoms in total. The van der Waals surface area contributed by atoms with E-state index in [0.29, 0.717) is 0 Å². The number of nitrogen functional groups attached to an aromatic ring is 2. The molecule has 44 heavy (non-hydrogen) atoms. The van der Waals surface area contributed by atoms with Gasteiger partial charge in [0.1, 0.15) is 48.1 Å². The molecule has 4 aromatic rings. The minimum atomic E-state index is -5.12. The average molecular weight is 679 g/mol. The van der Waals surface area contributed by atoms with Crippen molar-refractivity contribution in [3.05, 3.63) is 29.3 Å². The molecule has 2 aliphatic rings. The van der Waals surface area contributed by atoms with Crippen LogP contribution in [0.4, 0.5) is 20.5 Å². The predicted octanol–water partition coefficient (Wildman–Crippen LogP) is 0.130. The Morgan fingerprint density at radius 1 is 1.07 bits per heavy atom. The summed E-state index contributed by atoms with van der Waals surface area (Å²) in [5, 5.41) is 9.67. The Hall–Kier alpha value is -3.20. The molecule has 0 spiro atoms. The van der Waals surface area contributed by atoms with Crippen LogP contribution in [0.1, 0.15) is 12.5 Å². The first-order chi connectivity index (χ1) is 20.9. The number of aliphatic hydroxyl groups is 1. The standard InChI is InChI=1S/C20H22F2N10O9P2S/c21-8-6(1-33)39-19(32-5-28-11-16(32)29-20(24)30-17(11)34)13(8)43(36,37)38-2-7-12(41-42(35)44)9(22)18(40-7)31-4-27-10-14(23)25-3-26-15(10)31/h3-9,12-13,18-19,33H,1-2H2,(H6-,23,24,25,26,29,30,34,35,36,37,44)/p+1/t6-,7-,8-,9+,12-,13-,18-,19-/m1/s1. The molecule has 10 atom stereocenters. The molecule has 2 aliphatic heterocycles. The third-order valence-electron chi connectivity index (χ3n) is 7.13. The number of H-pyrrole nitrogens is 1. The molecule has 0 aromatic carbocycles. The number of ether oxygens (including phenoxy) is 2. The number of thiol groups is 1. The number of aromatic nitrogens is 8. The normalized spacial score (nSPS) is 30.7. The number of aliphatic hydroxyl groups excluding tert-OH is 1. The zero-order chi connectivity index (χ0) is 31.5. The van der Waals surface area contributed by atoms with Crippen LogP contribution in [0.25, 0.3) is 22.3 Å². The van der Waals surface area contributed by atoms with Crippen LogP contribution in [0.15, 0.2) is 23.8 Å². The molecule has 2 saturated heterocycles. The van der Waals surface area contributed by atoms with Gasteiger partial charge in [-0.05, 0) is 4.57 Å². The number of nitrogens with one attached hydrogen (secondary N) is 1. The molecule has 4 aromatic heterocycles. The lowest BCUT2D eigenvalue weighted by atomic mass is 10.1. The monoisotopic (exact) mass is 679 g/mol. The van der Waals surface area contributed by atoms with E-state index in [1.807, 2.05) is 0 Å². The van der Waals surface area contributed by atoms with Crippen LogP contribution in [-0.2, 0) is 27.7 Å². The SMILES string of the molecule is Nc1nc2c(ncn2[C@@H]2O[C@H](CO)[C@@H](F)[C@H]2P(=O)(O)OC[C@H]2O[C@@H](n3cnc4c(N)ncnc43)[C@@H](F)[C@@H]2O[P+](=O)S)c(=O)[nH]1. The van der Waals surface area contributed by atoms with Crippen LogP contribution >= 0.6 is 27.1 Å². The highest BCUT2D eigenvalue weighted by molar-refractivity contribution is 8.39. The van der Waals surface area contributed by atoms with Crippen molar-refractivity contribution in [1.82, 2.24) is 39.0 Å². The summed E-state index contributed by atoms with van der Waals surface area (Å²) in [6, 6.07) is 0. The second-order valence-electron chi connectivity index (χ2n) is 9.72. The summed E-state index contributed by atoms with van der Waals surface area (Å²) in [6.45, 7) is -1.75. The second-order valence-corrected chi connectivity index (χ2v) is 13.4. The predicted molar refractivity (Wildman–Crippen MR) is 148 cm³/mol. The van der Waals surface area contributed by atoms with Crippen LogP contribution in [0.2, 0.25) is 0 Å². The number of aromatic amines is 1. The number of nitrogens with two attached hydrogens (primary N) is 2. The Kier molecular flexibility index (Phi) is 8.14. The summed E-state index contributed by atoms with van der Waals surface area (Å²) in [6.07, 6.45) is -8.88. The van der Waals surface area contributed by atoms with Crippen molar-refractivity contribution in [2.24, 2.45) is 0 Å². The lowest BCUT2D eigenvalue weighted by Crippen LogP contribution is -2.34. The number of fused-ring (bicyclic) bond motifs is 2. The number of hydrogen-bond acceptors (Lipinski definition) is 15. The average Bonchev–Trinajstić information content (AvgIpc) is 3.72. The van der Waals surface area contributed by atoms with E-state index in [-0.39, 0.29) is 34.1 Å². The topological polar surface area (TPSA) is 271 Å². The molecule has 7 N–H and O–H groups in total. The van der Waals surface area contributed by atoms with Crippen LogP contribution in [0, 0.1) is 0 Å². The van der Waals surface area contributed by atoms with Crippen molar-refractivity contribution in [2.75, 3.05) is 24.7 Å². The first-order valence-electron chi connectivity index (χ1n) is 12.6. The zero-order valence-electron chi connectivity index (χ0n) is 21.9. The maximum atomic E-state index is 15.7. The molecular weight excluding hydrogens is 656 g/mol. The van der Waals surface area contributed by atoms with Gasteiger partial charge < -0.3 is 35.5 Å². The van der Waals surface area contributed by atoms with E-state index in [2.05, 4.69) is 42.2 Å². The van der Waals surface area contributed by atoms with E-state index in [9.17, 15) is 23.9 Å². The lowest BCUT2D eigenvalue weighted by molar-refractivity contribution is -0.0416. The minimum Gasteiger partial charge on any atom is -0.394 e. The number of halogens is 2. The van der Waals surface area contributed by atoms with Crippen LogP contribution in [0.3, 0.4) is 0 Å². The first kappa shape index (κ1) is 30.8. The Bertz CT molecular complexity index is 1850. The molecule has 0 bridgehead atoms. The first-order valence-corrected chi connectivity index (χ1v) is 16.5. The highest BCUT2D eigenvalue weighted by Crippen LogP contribution is 2.58. The van der Waals surface area contributed by atoms with E-state index >= 15 is 8.78 Å². The van der Waals surface area contributed by atoms with E-state index in [0.717, 1.165) is 17.2 Å². The fourth-order valence-corrected chi connectivity index (χ4v) is 7.57. The number of anilines is 2. The fourth-order valence-electron chi connectivity index (χ4n) is 5.16. The van der Waals surface area contributed by atoms with E-state index in [4.69, 9.17) is 30.0 Å². The van der Waals surface area contributed by atoms with Gasteiger partial charge in [-0.3, -0.25) is 23.5 Å². The third-order valence-corrected chi connectivity index (χ3v) is 9.65. The highest BCUT2D eigenvalue weighted by Gasteiger charge is 2.57. The molecule has 0 saturated carbocycles. The Morgan fingerprint density at radius 3 is 2.45 bits per heavy atom. The van der Waals surface area contributed by atoms with Crippen LogP contribution < -0.4 is 17.0 Å². The Morgan fingerprint density at radius 2 is 1.75 bits per heavy atom. The maximum Gasteiger partial charge on any atom is 0.582 e. The van der Waals surface area contributed by atoms with Gasteiger partial charge in [-0.25, -0.2) is 28.7 Å². The molecular formula is C20H23F2N10O9P2S+. The molecule has 2 fully saturated rings. The number of alkyl halides is 2. The van der Waals surface area contributed by atoms with Gasteiger partial charge in [-0.2, -0.15) is 4.98 Å². The van der Waals surface area contributed by atoms with Gasteiger partial charge in [0.2, 0.25) is 5.95 Å². The molecule has 0 radical (unpaired) electrons. The smallest absolute Gasteiger partial charge is 0.394 e. The maximum absolute atomic E-state index is 15.7. The molecule has 236 valence electrons. The van der Waals surface area contributed by atoms with Gasteiger partial charge in [0.25, 0.3) is 5.56 Å². The minimum absolute atomic E-state index is 0.0120. The molecule has 6 heterocycles. The van der Waals surface area contributed by atoms with Gasteiger partial charge in [0, 0.05) is 0 Å². The summed E-state index contributed by atoms with van der Waals surface area (Å²) >= 11 is 3.68. The van der Waals surface area contributed by atoms with Gasteiger partial charge >= 0.3 is 14.8 Å². The van der Waals surface area contributed by atoms with Crippen molar-refractivity contribution >= 4 is 61.2 Å². The van der Waals surface area contributed by atoms with Gasteiger partial charge in [0.05, 0.1) is 25.9 Å². The summed E-state index contributed by atoms with van der Waals surface area (Å²) < 4.78 is 80.6. The van der Waals surface area contributed by atoms with Crippen LogP contribution in [0.5, 0.6) is 0 Å². The summed E-state index contributed by atoms with van der Waals surface area (Å²) in [4.78, 5) is 45.3. The largest absolute Gasteiger partial charge is 0.582 e. The summed E-state index contributed by atoms with van der Waals surface area (Å²) in [5.41, 5.74) is 8.50. The molecule has 24 heteroatoms. The van der Waals surface area contributed by atoms with E-state index < -0.39 is 82.4 Å². The number of nitrogens with zero attached hydrogens (tertiary/aromatic N) is 7. The summed E-state index contributed by atoms with van der Waals surface area (Å²) in [5.74, 6) is -0.308. The number of rotatable bonds is 9. The second kappa shape index (κ2) is 11.6. The Labute approximate surface area is 249 Å². The Balaban J connectivity index is 1.29. The van der Waals surface area contributed by atoms with Crippen molar-refractivity contribution in [3.63, 3.8) is 0 Å². The van der Waals surface area contributed by atoms with E-state index in [1.165, 1.54) is 10.9 Å². The quantitative estimate of drug-likeness (QED) is 0.101.